The Bertz CT molecular complexity index is 540. The molecule has 0 aliphatic carbocycles. The lowest BCUT2D eigenvalue weighted by atomic mass is 10.1. The average molecular weight is 263 g/mol. The Morgan fingerprint density at radius 2 is 2.00 bits per heavy atom. The highest BCUT2D eigenvalue weighted by molar-refractivity contribution is 5.68. The van der Waals surface area contributed by atoms with Crippen molar-refractivity contribution >= 4 is 0 Å². The number of methoxy groups -OCH3 is 3. The fourth-order valence-corrected chi connectivity index (χ4v) is 1.88. The van der Waals surface area contributed by atoms with Gasteiger partial charge in [-0.1, -0.05) is 6.07 Å². The molecule has 0 aliphatic heterocycles. The van der Waals surface area contributed by atoms with E-state index in [4.69, 9.17) is 14.2 Å². The monoisotopic (exact) mass is 263 g/mol. The SMILES string of the molecule is COCCn1cnnc1-c1cccc(OC)c1OC. The summed E-state index contributed by atoms with van der Waals surface area (Å²) < 4.78 is 17.7. The van der Waals surface area contributed by atoms with Gasteiger partial charge in [0, 0.05) is 13.7 Å². The van der Waals surface area contributed by atoms with Crippen LogP contribution in [0.2, 0.25) is 0 Å². The van der Waals surface area contributed by atoms with Gasteiger partial charge in [-0.2, -0.15) is 0 Å². The molecule has 0 radical (unpaired) electrons. The van der Waals surface area contributed by atoms with E-state index in [1.807, 2.05) is 22.8 Å². The molecule has 0 N–H and O–H groups in total. The summed E-state index contributed by atoms with van der Waals surface area (Å²) in [5.74, 6) is 2.05. The first kappa shape index (κ1) is 13.4. The number of ether oxygens (including phenoxy) is 3. The topological polar surface area (TPSA) is 58.4 Å². The van der Waals surface area contributed by atoms with Crippen LogP contribution < -0.4 is 9.47 Å². The molecule has 0 saturated carbocycles. The molecule has 2 aromatic rings. The molecule has 0 atom stereocenters. The largest absolute Gasteiger partial charge is 0.493 e. The van der Waals surface area contributed by atoms with E-state index in [-0.39, 0.29) is 0 Å². The van der Waals surface area contributed by atoms with Crippen LogP contribution in [-0.2, 0) is 11.3 Å². The quantitative estimate of drug-likeness (QED) is 0.792. The van der Waals surface area contributed by atoms with E-state index in [9.17, 15) is 0 Å². The summed E-state index contributed by atoms with van der Waals surface area (Å²) >= 11 is 0. The number of hydrogen-bond acceptors (Lipinski definition) is 5. The van der Waals surface area contributed by atoms with Gasteiger partial charge in [0.25, 0.3) is 0 Å². The Morgan fingerprint density at radius 3 is 2.68 bits per heavy atom. The predicted octanol–water partition coefficient (Wildman–Crippen LogP) is 1.61. The molecule has 19 heavy (non-hydrogen) atoms. The molecule has 6 nitrogen and oxygen atoms in total. The van der Waals surface area contributed by atoms with E-state index in [1.165, 1.54) is 0 Å². The highest BCUT2D eigenvalue weighted by Crippen LogP contribution is 2.36. The summed E-state index contributed by atoms with van der Waals surface area (Å²) in [5.41, 5.74) is 0.843. The fourth-order valence-electron chi connectivity index (χ4n) is 1.88. The lowest BCUT2D eigenvalue weighted by Gasteiger charge is -2.12. The van der Waals surface area contributed by atoms with Crippen LogP contribution in [0.15, 0.2) is 24.5 Å². The van der Waals surface area contributed by atoms with Crippen molar-refractivity contribution in [2.45, 2.75) is 6.54 Å². The molecule has 0 fully saturated rings. The van der Waals surface area contributed by atoms with Crippen molar-refractivity contribution in [3.8, 4) is 22.9 Å². The van der Waals surface area contributed by atoms with E-state index in [2.05, 4.69) is 10.2 Å². The van der Waals surface area contributed by atoms with Crippen molar-refractivity contribution in [2.24, 2.45) is 0 Å². The first-order valence-corrected chi connectivity index (χ1v) is 5.90. The third kappa shape index (κ3) is 2.68. The summed E-state index contributed by atoms with van der Waals surface area (Å²) in [7, 11) is 4.88. The van der Waals surface area contributed by atoms with Crippen LogP contribution in [0, 0.1) is 0 Å². The van der Waals surface area contributed by atoms with Crippen LogP contribution in [0.4, 0.5) is 0 Å². The van der Waals surface area contributed by atoms with E-state index in [0.29, 0.717) is 24.7 Å². The maximum Gasteiger partial charge on any atom is 0.171 e. The van der Waals surface area contributed by atoms with Crippen molar-refractivity contribution in [1.29, 1.82) is 0 Å². The molecule has 1 heterocycles. The molecule has 2 rings (SSSR count). The van der Waals surface area contributed by atoms with Crippen LogP contribution >= 0.6 is 0 Å². The van der Waals surface area contributed by atoms with Gasteiger partial charge in [-0.25, -0.2) is 0 Å². The van der Waals surface area contributed by atoms with Crippen LogP contribution in [0.3, 0.4) is 0 Å². The number of para-hydroxylation sites is 1. The lowest BCUT2D eigenvalue weighted by Crippen LogP contribution is -2.05. The van der Waals surface area contributed by atoms with E-state index in [1.54, 1.807) is 27.7 Å². The fraction of sp³-hybridized carbons (Fsp3) is 0.385. The van der Waals surface area contributed by atoms with Gasteiger partial charge >= 0.3 is 0 Å². The van der Waals surface area contributed by atoms with Gasteiger partial charge < -0.3 is 18.8 Å². The van der Waals surface area contributed by atoms with Crippen LogP contribution in [0.1, 0.15) is 0 Å². The minimum Gasteiger partial charge on any atom is -0.493 e. The minimum absolute atomic E-state index is 0.595. The zero-order chi connectivity index (χ0) is 13.7. The lowest BCUT2D eigenvalue weighted by molar-refractivity contribution is 0.187. The van der Waals surface area contributed by atoms with Gasteiger partial charge in [0.15, 0.2) is 17.3 Å². The van der Waals surface area contributed by atoms with E-state index < -0.39 is 0 Å². The first-order chi connectivity index (χ1) is 9.31. The minimum atomic E-state index is 0.595. The smallest absolute Gasteiger partial charge is 0.171 e. The second-order valence-electron chi connectivity index (χ2n) is 3.88. The van der Waals surface area contributed by atoms with Crippen molar-refractivity contribution in [3.63, 3.8) is 0 Å². The summed E-state index contributed by atoms with van der Waals surface area (Å²) in [6.07, 6.45) is 1.67. The summed E-state index contributed by atoms with van der Waals surface area (Å²) in [4.78, 5) is 0. The molecule has 0 bridgehead atoms. The summed E-state index contributed by atoms with van der Waals surface area (Å²) in [5, 5.41) is 8.09. The zero-order valence-electron chi connectivity index (χ0n) is 11.3. The molecule has 0 saturated heterocycles. The zero-order valence-corrected chi connectivity index (χ0v) is 11.3. The third-order valence-electron chi connectivity index (χ3n) is 2.80. The molecule has 0 aliphatic rings. The van der Waals surface area contributed by atoms with Crippen molar-refractivity contribution < 1.29 is 14.2 Å². The van der Waals surface area contributed by atoms with Crippen molar-refractivity contribution in [1.82, 2.24) is 14.8 Å². The average Bonchev–Trinajstić information content (AvgIpc) is 2.92. The van der Waals surface area contributed by atoms with Crippen molar-refractivity contribution in [3.05, 3.63) is 24.5 Å². The number of hydrogen-bond donors (Lipinski definition) is 0. The molecule has 1 aromatic carbocycles. The number of benzene rings is 1. The second-order valence-corrected chi connectivity index (χ2v) is 3.88. The van der Waals surface area contributed by atoms with Crippen molar-refractivity contribution in [2.75, 3.05) is 27.9 Å². The summed E-state index contributed by atoms with van der Waals surface area (Å²) in [6, 6.07) is 5.67. The molecular formula is C13H17N3O3. The molecule has 0 unspecified atom stereocenters. The van der Waals surface area contributed by atoms with Gasteiger partial charge in [-0.15, -0.1) is 10.2 Å². The van der Waals surface area contributed by atoms with E-state index >= 15 is 0 Å². The number of aromatic nitrogens is 3. The maximum atomic E-state index is 5.41. The third-order valence-corrected chi connectivity index (χ3v) is 2.80. The molecular weight excluding hydrogens is 246 g/mol. The maximum absolute atomic E-state index is 5.41. The second kappa shape index (κ2) is 6.19. The first-order valence-electron chi connectivity index (χ1n) is 5.90. The Morgan fingerprint density at radius 1 is 1.16 bits per heavy atom. The summed E-state index contributed by atoms with van der Waals surface area (Å²) in [6.45, 7) is 1.27. The number of nitrogens with zero attached hydrogens (tertiary/aromatic N) is 3. The predicted molar refractivity (Wildman–Crippen MR) is 70.4 cm³/mol. The Kier molecular flexibility index (Phi) is 4.35. The molecule has 102 valence electrons. The Labute approximate surface area is 111 Å². The molecule has 0 spiro atoms. The molecule has 6 heteroatoms. The normalized spacial score (nSPS) is 10.5. The molecule has 0 amide bonds. The van der Waals surface area contributed by atoms with Crippen LogP contribution in [-0.4, -0.2) is 42.7 Å². The molecule has 1 aromatic heterocycles. The van der Waals surface area contributed by atoms with Crippen LogP contribution in [0.25, 0.3) is 11.4 Å². The van der Waals surface area contributed by atoms with Gasteiger partial charge in [0.05, 0.1) is 26.4 Å². The van der Waals surface area contributed by atoms with Crippen LogP contribution in [0.5, 0.6) is 11.5 Å². The highest BCUT2D eigenvalue weighted by Gasteiger charge is 2.16. The number of rotatable bonds is 6. The standard InChI is InChI=1S/C13H17N3O3/c1-17-8-7-16-9-14-15-13(16)10-5-4-6-11(18-2)12(10)19-3/h4-6,9H,7-8H2,1-3H3. The Balaban J connectivity index is 2.44. The highest BCUT2D eigenvalue weighted by atomic mass is 16.5. The van der Waals surface area contributed by atoms with Gasteiger partial charge in [0.2, 0.25) is 0 Å². The Hall–Kier alpha value is -2.08. The van der Waals surface area contributed by atoms with E-state index in [0.717, 1.165) is 11.4 Å². The van der Waals surface area contributed by atoms with Gasteiger partial charge in [0.1, 0.15) is 6.33 Å². The van der Waals surface area contributed by atoms with Gasteiger partial charge in [-0.3, -0.25) is 0 Å². The van der Waals surface area contributed by atoms with Gasteiger partial charge in [-0.05, 0) is 12.1 Å².